The van der Waals surface area contributed by atoms with Gasteiger partial charge in [0.25, 0.3) is 0 Å². The molecule has 2 heterocycles. The smallest absolute Gasteiger partial charge is 0.125 e. The Balaban J connectivity index is 0.000000216. The number of hydrogen-bond acceptors (Lipinski definition) is 2. The van der Waals surface area contributed by atoms with Crippen LogP contribution >= 0.6 is 0 Å². The van der Waals surface area contributed by atoms with E-state index in [9.17, 15) is 4.39 Å². The van der Waals surface area contributed by atoms with Crippen molar-refractivity contribution in [1.29, 1.82) is 0 Å². The molecule has 3 nitrogen and oxygen atoms in total. The molecular formula is C34H48FN3. The van der Waals surface area contributed by atoms with Crippen LogP contribution in [0.5, 0.6) is 0 Å². The van der Waals surface area contributed by atoms with Gasteiger partial charge in [-0.05, 0) is 76.3 Å². The highest BCUT2D eigenvalue weighted by molar-refractivity contribution is 5.75. The third-order valence-electron chi connectivity index (χ3n) is 8.22. The van der Waals surface area contributed by atoms with Gasteiger partial charge in [0.15, 0.2) is 0 Å². The standard InChI is InChI=1S/C19H24FN3.C8H10.C7H14/c1-5-14-16(13(3)20)17(15-6-9-22-10-12(15)2)23-18(14)19(7-8-19)11-21-4;1-7-5-3-4-6-8(7)2;1-2-4-7-5-3-6-7/h5-6,9-10,13,21,23H,1,7-8,11H2,2-4H3;3-6H,1-2H3;7H,2-6H2,1H3. The zero-order valence-electron chi connectivity index (χ0n) is 24.5. The van der Waals surface area contributed by atoms with Crippen molar-refractivity contribution in [2.75, 3.05) is 13.6 Å². The van der Waals surface area contributed by atoms with Crippen LogP contribution in [0.4, 0.5) is 4.39 Å². The van der Waals surface area contributed by atoms with Gasteiger partial charge in [-0.1, -0.05) is 75.9 Å². The first-order valence-corrected chi connectivity index (χ1v) is 14.4. The normalized spacial score (nSPS) is 16.3. The molecule has 2 saturated carbocycles. The van der Waals surface area contributed by atoms with Crippen LogP contribution in [0.2, 0.25) is 0 Å². The molecule has 2 aliphatic rings. The summed E-state index contributed by atoms with van der Waals surface area (Å²) in [5.74, 6) is 1.13. The number of benzene rings is 1. The Morgan fingerprint density at radius 1 is 1.13 bits per heavy atom. The summed E-state index contributed by atoms with van der Waals surface area (Å²) in [4.78, 5) is 7.70. The SMILES string of the molecule is C=Cc1c(C2(CNC)CC2)[nH]c(-c2ccncc2C)c1C(C)F.CCCC1CCC1.Cc1ccccc1C. The van der Waals surface area contributed by atoms with Crippen LogP contribution in [0.15, 0.2) is 49.3 Å². The molecule has 38 heavy (non-hydrogen) atoms. The molecule has 0 saturated heterocycles. The second-order valence-corrected chi connectivity index (χ2v) is 11.2. The molecule has 2 N–H and O–H groups in total. The van der Waals surface area contributed by atoms with Gasteiger partial charge in [-0.25, -0.2) is 4.39 Å². The molecule has 2 fully saturated rings. The Morgan fingerprint density at radius 2 is 1.79 bits per heavy atom. The summed E-state index contributed by atoms with van der Waals surface area (Å²) in [6, 6.07) is 10.3. The van der Waals surface area contributed by atoms with E-state index in [0.717, 1.165) is 53.4 Å². The number of pyridine rings is 1. The van der Waals surface area contributed by atoms with E-state index in [1.54, 1.807) is 19.2 Å². The Labute approximate surface area is 230 Å². The van der Waals surface area contributed by atoms with E-state index in [1.165, 1.54) is 43.2 Å². The third kappa shape index (κ3) is 7.22. The summed E-state index contributed by atoms with van der Waals surface area (Å²) >= 11 is 0. The maximum atomic E-state index is 14.5. The summed E-state index contributed by atoms with van der Waals surface area (Å²) < 4.78 is 14.5. The van der Waals surface area contributed by atoms with E-state index in [1.807, 2.05) is 26.2 Å². The molecule has 1 atom stereocenters. The van der Waals surface area contributed by atoms with Gasteiger partial charge in [0.2, 0.25) is 0 Å². The van der Waals surface area contributed by atoms with Gasteiger partial charge in [-0.3, -0.25) is 4.98 Å². The molecule has 0 spiro atoms. The average Bonchev–Trinajstić information content (AvgIpc) is 3.54. The molecule has 0 bridgehead atoms. The number of alkyl halides is 1. The van der Waals surface area contributed by atoms with Crippen molar-refractivity contribution in [3.63, 3.8) is 0 Å². The van der Waals surface area contributed by atoms with E-state index in [2.05, 4.69) is 66.9 Å². The van der Waals surface area contributed by atoms with E-state index < -0.39 is 6.17 Å². The van der Waals surface area contributed by atoms with Crippen LogP contribution < -0.4 is 5.32 Å². The van der Waals surface area contributed by atoms with Gasteiger partial charge >= 0.3 is 0 Å². The fraction of sp³-hybridized carbons (Fsp3) is 0.500. The quantitative estimate of drug-likeness (QED) is 0.313. The van der Waals surface area contributed by atoms with Gasteiger partial charge < -0.3 is 10.3 Å². The summed E-state index contributed by atoms with van der Waals surface area (Å²) in [5, 5.41) is 3.27. The largest absolute Gasteiger partial charge is 0.357 e. The molecule has 206 valence electrons. The van der Waals surface area contributed by atoms with Crippen LogP contribution in [0.3, 0.4) is 0 Å². The number of H-pyrrole nitrogens is 1. The number of aromatic nitrogens is 2. The van der Waals surface area contributed by atoms with Crippen LogP contribution in [-0.4, -0.2) is 23.6 Å². The highest BCUT2D eigenvalue weighted by Crippen LogP contribution is 2.51. The fourth-order valence-corrected chi connectivity index (χ4v) is 5.40. The Hall–Kier alpha value is -2.72. The molecule has 0 amide bonds. The van der Waals surface area contributed by atoms with Crippen molar-refractivity contribution in [2.24, 2.45) is 5.92 Å². The van der Waals surface area contributed by atoms with Crippen molar-refractivity contribution >= 4 is 6.08 Å². The molecular weight excluding hydrogens is 469 g/mol. The van der Waals surface area contributed by atoms with Crippen LogP contribution in [0.25, 0.3) is 17.3 Å². The van der Waals surface area contributed by atoms with Crippen LogP contribution in [0.1, 0.15) is 98.5 Å². The number of nitrogens with one attached hydrogen (secondary N) is 2. The molecule has 2 aliphatic carbocycles. The lowest BCUT2D eigenvalue weighted by atomic mass is 9.82. The fourth-order valence-electron chi connectivity index (χ4n) is 5.40. The molecule has 0 radical (unpaired) electrons. The van der Waals surface area contributed by atoms with Gasteiger partial charge in [-0.2, -0.15) is 0 Å². The second kappa shape index (κ2) is 13.9. The van der Waals surface area contributed by atoms with E-state index in [4.69, 9.17) is 0 Å². The number of aromatic amines is 1. The predicted molar refractivity (Wildman–Crippen MR) is 161 cm³/mol. The highest BCUT2D eigenvalue weighted by Gasteiger charge is 2.47. The Morgan fingerprint density at radius 3 is 2.18 bits per heavy atom. The molecule has 2 aromatic heterocycles. The first-order chi connectivity index (χ1) is 18.3. The molecule has 5 rings (SSSR count). The van der Waals surface area contributed by atoms with Crippen molar-refractivity contribution in [3.05, 3.63) is 82.8 Å². The van der Waals surface area contributed by atoms with Crippen LogP contribution in [0, 0.1) is 26.7 Å². The predicted octanol–water partition coefficient (Wildman–Crippen LogP) is 9.20. The third-order valence-corrected chi connectivity index (χ3v) is 8.22. The first kappa shape index (κ1) is 29.8. The molecule has 4 heteroatoms. The highest BCUT2D eigenvalue weighted by atomic mass is 19.1. The summed E-state index contributed by atoms with van der Waals surface area (Å²) in [5.41, 5.74) is 8.50. The van der Waals surface area contributed by atoms with Crippen molar-refractivity contribution in [2.45, 2.75) is 91.2 Å². The van der Waals surface area contributed by atoms with Gasteiger partial charge in [0.05, 0.1) is 5.69 Å². The topological polar surface area (TPSA) is 40.7 Å². The van der Waals surface area contributed by atoms with E-state index >= 15 is 0 Å². The number of nitrogens with zero attached hydrogens (tertiary/aromatic N) is 1. The van der Waals surface area contributed by atoms with Gasteiger partial charge in [0, 0.05) is 46.7 Å². The first-order valence-electron chi connectivity index (χ1n) is 14.4. The minimum absolute atomic E-state index is 0.0844. The zero-order valence-corrected chi connectivity index (χ0v) is 24.5. The summed E-state index contributed by atoms with van der Waals surface area (Å²) in [7, 11) is 1.96. The van der Waals surface area contributed by atoms with Gasteiger partial charge in [-0.15, -0.1) is 0 Å². The van der Waals surface area contributed by atoms with Crippen molar-refractivity contribution in [1.82, 2.24) is 15.3 Å². The molecule has 1 unspecified atom stereocenters. The zero-order chi connectivity index (χ0) is 27.7. The Kier molecular flexibility index (Phi) is 10.9. The van der Waals surface area contributed by atoms with Gasteiger partial charge in [0.1, 0.15) is 6.17 Å². The van der Waals surface area contributed by atoms with Crippen LogP contribution in [-0.2, 0) is 5.41 Å². The summed E-state index contributed by atoms with van der Waals surface area (Å²) in [6.07, 6.45) is 14.0. The van der Waals surface area contributed by atoms with E-state index in [0.29, 0.717) is 5.56 Å². The van der Waals surface area contributed by atoms with Crippen molar-refractivity contribution in [3.8, 4) is 11.3 Å². The number of likely N-dealkylation sites (N-methyl/N-ethyl adjacent to an activating group) is 1. The number of rotatable bonds is 8. The maximum absolute atomic E-state index is 14.5. The molecule has 3 aromatic rings. The minimum Gasteiger partial charge on any atom is -0.357 e. The second-order valence-electron chi connectivity index (χ2n) is 11.2. The minimum atomic E-state index is -1.05. The molecule has 1 aromatic carbocycles. The average molecular weight is 518 g/mol. The lowest BCUT2D eigenvalue weighted by Gasteiger charge is -2.24. The molecule has 0 aliphatic heterocycles. The monoisotopic (exact) mass is 517 g/mol. The number of halogens is 1. The number of aryl methyl sites for hydroxylation is 3. The number of hydrogen-bond donors (Lipinski definition) is 2. The Bertz CT molecular complexity index is 1150. The lowest BCUT2D eigenvalue weighted by molar-refractivity contribution is 0.294. The van der Waals surface area contributed by atoms with E-state index in [-0.39, 0.29) is 5.41 Å². The van der Waals surface area contributed by atoms with Crippen molar-refractivity contribution < 1.29 is 4.39 Å². The summed E-state index contributed by atoms with van der Waals surface area (Å²) in [6.45, 7) is 15.0. The lowest BCUT2D eigenvalue weighted by Crippen LogP contribution is -2.24. The maximum Gasteiger partial charge on any atom is 0.125 e.